The Morgan fingerprint density at radius 3 is 2.38 bits per heavy atom. The molecule has 0 unspecified atom stereocenters. The number of hydrogen-bond donors (Lipinski definition) is 3. The molecular weight excluding hydrogens is 563 g/mol. The molecule has 0 spiro atoms. The first-order valence-corrected chi connectivity index (χ1v) is 16.6. The van der Waals surface area contributed by atoms with Crippen LogP contribution in [0.2, 0.25) is 0 Å². The molecule has 1 aromatic heterocycles. The molecule has 9 heteroatoms. The second kappa shape index (κ2) is 21.9. The van der Waals surface area contributed by atoms with Gasteiger partial charge in [0.25, 0.3) is 0 Å². The van der Waals surface area contributed by atoms with Gasteiger partial charge in [-0.3, -0.25) is 14.5 Å². The molecule has 2 amide bonds. The number of piperidine rings is 1. The van der Waals surface area contributed by atoms with Crippen LogP contribution in [0.5, 0.6) is 0 Å². The van der Waals surface area contributed by atoms with E-state index >= 15 is 0 Å². The largest absolute Gasteiger partial charge is 0.370 e. The van der Waals surface area contributed by atoms with Crippen LogP contribution in [-0.4, -0.2) is 52.6 Å². The van der Waals surface area contributed by atoms with Crippen LogP contribution in [-0.2, 0) is 29.0 Å². The zero-order valence-electron chi connectivity index (χ0n) is 26.1. The third-order valence-electron chi connectivity index (χ3n) is 6.41. The van der Waals surface area contributed by atoms with Gasteiger partial charge in [0.1, 0.15) is 0 Å². The Kier molecular flexibility index (Phi) is 19.5. The highest BCUT2D eigenvalue weighted by Crippen LogP contribution is 2.23. The van der Waals surface area contributed by atoms with Crippen molar-refractivity contribution in [3.8, 4) is 0 Å². The summed E-state index contributed by atoms with van der Waals surface area (Å²) in [5, 5.41) is 5.24. The number of allylic oxidation sites excluding steroid dienone is 4. The quantitative estimate of drug-likeness (QED) is 0.196. The van der Waals surface area contributed by atoms with Crippen LogP contribution in [0.15, 0.2) is 58.8 Å². The Hall–Kier alpha value is -2.72. The van der Waals surface area contributed by atoms with Crippen LogP contribution in [0.1, 0.15) is 76.3 Å². The predicted molar refractivity (Wildman–Crippen MR) is 182 cm³/mol. The summed E-state index contributed by atoms with van der Waals surface area (Å²) in [6.07, 6.45) is 14.1. The standard InChI is InChI=1S/C24H33N3OS2.C5H8.C4H10N2O/c1-4-7-22-16-29-24(26-22)30-17-23(28)25-21-10-12-27(13-11-21)15-18-8-9-19(5-2)20(6-3)14-18;1-3-5-4-2;1-3(5)2-4(6)7/h4,7-9,14,16,21H,5-6,10-13,15,17H2,1-3H3,(H,25,28);3-5H,1H2,2H3;3H,2,5H2,1H3,(H2,6,7)/b7-4+;5-4-;/t;;3-/m..0/s1. The van der Waals surface area contributed by atoms with E-state index in [-0.39, 0.29) is 30.3 Å². The monoisotopic (exact) mass is 613 g/mol. The lowest BCUT2D eigenvalue weighted by Crippen LogP contribution is -2.44. The Bertz CT molecular complexity index is 1140. The molecule has 2 heterocycles. The lowest BCUT2D eigenvalue weighted by atomic mass is 9.99. The van der Waals surface area contributed by atoms with Gasteiger partial charge in [-0.2, -0.15) is 0 Å². The van der Waals surface area contributed by atoms with Crippen LogP contribution in [0.25, 0.3) is 6.08 Å². The van der Waals surface area contributed by atoms with E-state index in [1.165, 1.54) is 28.5 Å². The van der Waals surface area contributed by atoms with Crippen LogP contribution < -0.4 is 16.8 Å². The van der Waals surface area contributed by atoms with Crippen molar-refractivity contribution in [3.05, 3.63) is 76.8 Å². The lowest BCUT2D eigenvalue weighted by molar-refractivity contribution is -0.120. The smallest absolute Gasteiger partial charge is 0.230 e. The van der Waals surface area contributed by atoms with E-state index in [2.05, 4.69) is 53.8 Å². The Morgan fingerprint density at radius 1 is 1.19 bits per heavy atom. The van der Waals surface area contributed by atoms with E-state index in [0.29, 0.717) is 5.75 Å². The number of hydrogen-bond acceptors (Lipinski definition) is 7. The highest BCUT2D eigenvalue weighted by Gasteiger charge is 2.21. The molecule has 42 heavy (non-hydrogen) atoms. The molecule has 0 saturated carbocycles. The number of rotatable bonds is 12. The van der Waals surface area contributed by atoms with Crippen molar-refractivity contribution in [2.45, 2.75) is 89.7 Å². The number of benzene rings is 1. The molecular formula is C33H51N5O2S2. The molecule has 3 rings (SSSR count). The number of primary amides is 1. The average Bonchev–Trinajstić information content (AvgIpc) is 3.41. The van der Waals surface area contributed by atoms with E-state index in [9.17, 15) is 9.59 Å². The zero-order valence-corrected chi connectivity index (χ0v) is 27.7. The SMILES string of the molecule is C/C=C/c1csc(SCC(=O)NC2CCN(Cc3ccc(CC)c(CC)c3)CC2)n1.C=C/C=C\C.C[C@H](N)CC(N)=O. The van der Waals surface area contributed by atoms with Crippen molar-refractivity contribution in [1.82, 2.24) is 15.2 Å². The topological polar surface area (TPSA) is 114 Å². The average molecular weight is 614 g/mol. The van der Waals surface area contributed by atoms with Crippen molar-refractivity contribution in [1.29, 1.82) is 0 Å². The fraction of sp³-hybridized carbons (Fsp3) is 0.485. The lowest BCUT2D eigenvalue weighted by Gasteiger charge is -2.32. The predicted octanol–water partition coefficient (Wildman–Crippen LogP) is 6.13. The highest BCUT2D eigenvalue weighted by atomic mass is 32.2. The van der Waals surface area contributed by atoms with Gasteiger partial charge in [-0.05, 0) is 69.2 Å². The molecule has 232 valence electrons. The van der Waals surface area contributed by atoms with Gasteiger partial charge < -0.3 is 16.8 Å². The molecule has 1 aliphatic rings. The number of aryl methyl sites for hydroxylation is 2. The summed E-state index contributed by atoms with van der Waals surface area (Å²) in [6.45, 7) is 16.7. The summed E-state index contributed by atoms with van der Waals surface area (Å²) >= 11 is 3.12. The van der Waals surface area contributed by atoms with Gasteiger partial charge in [-0.1, -0.05) is 74.7 Å². The number of nitrogens with zero attached hydrogens (tertiary/aromatic N) is 2. The van der Waals surface area contributed by atoms with Gasteiger partial charge in [0.2, 0.25) is 11.8 Å². The highest BCUT2D eigenvalue weighted by molar-refractivity contribution is 8.01. The first-order chi connectivity index (χ1) is 20.1. The van der Waals surface area contributed by atoms with Crippen LogP contribution in [0.3, 0.4) is 0 Å². The maximum absolute atomic E-state index is 12.3. The van der Waals surface area contributed by atoms with Gasteiger partial charge in [0.05, 0.1) is 11.4 Å². The maximum atomic E-state index is 12.3. The van der Waals surface area contributed by atoms with Crippen molar-refractivity contribution < 1.29 is 9.59 Å². The van der Waals surface area contributed by atoms with Gasteiger partial charge in [0, 0.05) is 43.5 Å². The van der Waals surface area contributed by atoms with E-state index in [1.54, 1.807) is 24.3 Å². The number of thioether (sulfide) groups is 1. The molecule has 1 fully saturated rings. The normalized spacial score (nSPS) is 14.5. The number of carbonyl (C=O) groups is 2. The van der Waals surface area contributed by atoms with Crippen molar-refractivity contribution >= 4 is 41.0 Å². The Morgan fingerprint density at radius 2 is 1.88 bits per heavy atom. The van der Waals surface area contributed by atoms with Crippen LogP contribution in [0, 0.1) is 0 Å². The fourth-order valence-corrected chi connectivity index (χ4v) is 5.99. The molecule has 1 saturated heterocycles. The molecule has 5 N–H and O–H groups in total. The molecule has 1 aromatic carbocycles. The summed E-state index contributed by atoms with van der Waals surface area (Å²) < 4.78 is 0.952. The summed E-state index contributed by atoms with van der Waals surface area (Å²) in [4.78, 5) is 29.3. The molecule has 7 nitrogen and oxygen atoms in total. The fourth-order valence-electron chi connectivity index (χ4n) is 4.38. The molecule has 0 bridgehead atoms. The second-order valence-corrected chi connectivity index (χ2v) is 12.2. The van der Waals surface area contributed by atoms with Crippen LogP contribution >= 0.6 is 23.1 Å². The maximum Gasteiger partial charge on any atom is 0.230 e. The van der Waals surface area contributed by atoms with Crippen molar-refractivity contribution in [2.24, 2.45) is 11.5 Å². The van der Waals surface area contributed by atoms with E-state index in [1.807, 2.05) is 43.5 Å². The molecule has 0 radical (unpaired) electrons. The number of likely N-dealkylation sites (tertiary alicyclic amines) is 1. The Labute approximate surface area is 261 Å². The van der Waals surface area contributed by atoms with E-state index < -0.39 is 0 Å². The summed E-state index contributed by atoms with van der Waals surface area (Å²) in [5.74, 6) is 0.214. The van der Waals surface area contributed by atoms with Gasteiger partial charge in [-0.25, -0.2) is 4.98 Å². The minimum absolute atomic E-state index is 0.0995. The zero-order chi connectivity index (χ0) is 31.3. The molecule has 0 aliphatic carbocycles. The van der Waals surface area contributed by atoms with Crippen molar-refractivity contribution in [3.63, 3.8) is 0 Å². The molecule has 1 atom stereocenters. The van der Waals surface area contributed by atoms with Crippen LogP contribution in [0.4, 0.5) is 0 Å². The summed E-state index contributed by atoms with van der Waals surface area (Å²) in [7, 11) is 0. The van der Waals surface area contributed by atoms with Crippen molar-refractivity contribution in [2.75, 3.05) is 18.8 Å². The number of carbonyl (C=O) groups excluding carboxylic acids is 2. The minimum atomic E-state index is -0.338. The number of amides is 2. The molecule has 2 aromatic rings. The number of thiazole rings is 1. The number of nitrogens with two attached hydrogens (primary N) is 2. The third kappa shape index (κ3) is 16.1. The summed E-state index contributed by atoms with van der Waals surface area (Å²) in [6, 6.07) is 7.14. The first kappa shape index (κ1) is 37.3. The van der Waals surface area contributed by atoms with E-state index in [4.69, 9.17) is 11.5 Å². The number of nitrogens with one attached hydrogen (secondary N) is 1. The van der Waals surface area contributed by atoms with Gasteiger partial charge in [-0.15, -0.1) is 11.3 Å². The first-order valence-electron chi connectivity index (χ1n) is 14.8. The summed E-state index contributed by atoms with van der Waals surface area (Å²) in [5.41, 5.74) is 15.3. The second-order valence-electron chi connectivity index (χ2n) is 10.2. The number of aromatic nitrogens is 1. The third-order valence-corrected chi connectivity index (χ3v) is 8.45. The van der Waals surface area contributed by atoms with Gasteiger partial charge in [0.15, 0.2) is 4.34 Å². The Balaban J connectivity index is 0.000000619. The molecule has 1 aliphatic heterocycles. The van der Waals surface area contributed by atoms with E-state index in [0.717, 1.165) is 55.4 Å². The van der Waals surface area contributed by atoms with Gasteiger partial charge >= 0.3 is 0 Å². The minimum Gasteiger partial charge on any atom is -0.370 e.